The van der Waals surface area contributed by atoms with E-state index in [0.717, 1.165) is 44.5 Å². The number of benzene rings is 8. The molecule has 0 aliphatic carbocycles. The highest BCUT2D eigenvalue weighted by Crippen LogP contribution is 2.42. The molecule has 0 N–H and O–H groups in total. The molecule has 0 fully saturated rings. The van der Waals surface area contributed by atoms with Gasteiger partial charge in [0.15, 0.2) is 0 Å². The van der Waals surface area contributed by atoms with E-state index >= 15 is 0 Å². The van der Waals surface area contributed by atoms with Crippen LogP contribution in [-0.2, 0) is 0 Å². The van der Waals surface area contributed by atoms with Crippen molar-refractivity contribution in [1.29, 1.82) is 0 Å². The van der Waals surface area contributed by atoms with Crippen molar-refractivity contribution in [3.05, 3.63) is 180 Å². The molecule has 10 aromatic rings. The van der Waals surface area contributed by atoms with Crippen molar-refractivity contribution in [3.8, 4) is 27.9 Å². The van der Waals surface area contributed by atoms with Crippen molar-refractivity contribution in [2.24, 2.45) is 0 Å². The fourth-order valence-electron chi connectivity index (χ4n) is 8.49. The van der Waals surface area contributed by atoms with Crippen LogP contribution >= 0.6 is 11.3 Å². The second-order valence-corrected chi connectivity index (χ2v) is 15.4. The van der Waals surface area contributed by atoms with Gasteiger partial charge < -0.3 is 4.57 Å². The van der Waals surface area contributed by atoms with E-state index in [0.29, 0.717) is 16.5 Å². The van der Waals surface area contributed by atoms with Gasteiger partial charge in [0.2, 0.25) is 0 Å². The smallest absolute Gasteiger partial charge is 0.113 e. The molecule has 0 amide bonds. The first-order chi connectivity index (χ1) is 27.4. The Labute approximate surface area is 337 Å². The summed E-state index contributed by atoms with van der Waals surface area (Å²) in [5, 5.41) is 4.94. The van der Waals surface area contributed by atoms with Crippen LogP contribution in [0.3, 0.4) is 0 Å². The molecule has 0 spiro atoms. The minimum atomic E-state index is -0.380. The lowest BCUT2D eigenvalue weighted by atomic mass is 9.58. The predicted molar refractivity (Wildman–Crippen MR) is 245 cm³/mol. The normalized spacial score (nSPS) is 12.2. The van der Waals surface area contributed by atoms with Gasteiger partial charge in [-0.15, -0.1) is 38.7 Å². The quantitative estimate of drug-likeness (QED) is 0.123. The second-order valence-electron chi connectivity index (χ2n) is 14.3. The molecule has 0 saturated heterocycles. The number of nitrogens with zero attached hydrogens (tertiary/aromatic N) is 1. The Balaban J connectivity index is 1.12. The summed E-state index contributed by atoms with van der Waals surface area (Å²) in [6.07, 6.45) is 0. The van der Waals surface area contributed by atoms with E-state index in [1.54, 1.807) is 0 Å². The molecule has 7 heteroatoms. The van der Waals surface area contributed by atoms with Crippen LogP contribution in [0.5, 0.6) is 0 Å². The highest BCUT2D eigenvalue weighted by Gasteiger charge is 2.24. The van der Waals surface area contributed by atoms with Crippen molar-refractivity contribution >= 4 is 120 Å². The second kappa shape index (κ2) is 13.7. The van der Waals surface area contributed by atoms with E-state index in [9.17, 15) is 0 Å². The maximum atomic E-state index is 6.80. The fraction of sp³-hybridized carbons (Fsp3) is 0.0204. The van der Waals surface area contributed by atoms with Crippen LogP contribution in [0.15, 0.2) is 164 Å². The van der Waals surface area contributed by atoms with Crippen LogP contribution in [-0.4, -0.2) is 43.8 Å². The largest absolute Gasteiger partial charge is 0.309 e. The van der Waals surface area contributed by atoms with Crippen molar-refractivity contribution in [1.82, 2.24) is 4.57 Å². The molecule has 250 valence electrons. The SMILES string of the molecule is [B]c1c([B])c([B])c(C(c2ccc(-c3cccc4c3sc3ccccc34)cc2)c2ccc(-c3cccc4c5ccccc5n(-c5ccccc5)c34)cc2)c([B])c1[B]. The summed E-state index contributed by atoms with van der Waals surface area (Å²) < 4.78 is 4.90. The van der Waals surface area contributed by atoms with E-state index in [-0.39, 0.29) is 22.3 Å². The van der Waals surface area contributed by atoms with Crippen LogP contribution in [0.1, 0.15) is 22.6 Å². The van der Waals surface area contributed by atoms with Crippen LogP contribution < -0.4 is 27.3 Å². The van der Waals surface area contributed by atoms with Crippen LogP contribution in [0.4, 0.5) is 0 Å². The number of para-hydroxylation sites is 3. The predicted octanol–water partition coefficient (Wildman–Crippen LogP) is 7.63. The van der Waals surface area contributed by atoms with Crippen molar-refractivity contribution in [3.63, 3.8) is 0 Å². The van der Waals surface area contributed by atoms with Gasteiger partial charge in [0.05, 0.1) is 11.0 Å². The molecule has 8 aromatic carbocycles. The van der Waals surface area contributed by atoms with Crippen molar-refractivity contribution in [2.75, 3.05) is 0 Å². The minimum absolute atomic E-state index is 0.200. The molecule has 1 nitrogen and oxygen atoms in total. The highest BCUT2D eigenvalue weighted by molar-refractivity contribution is 7.26. The van der Waals surface area contributed by atoms with Gasteiger partial charge in [0.1, 0.15) is 39.2 Å². The van der Waals surface area contributed by atoms with Gasteiger partial charge in [-0.25, -0.2) is 0 Å². The summed E-state index contributed by atoms with van der Waals surface area (Å²) in [4.78, 5) is 0. The Bertz CT molecular complexity index is 3100. The molecular formula is C49H28B5NS. The standard InChI is InChI=1S/C49H28B5NS/c50-43-42(44(51)46(53)47(54)45(43)52)41(31-26-22-29(23-27-31)34-15-9-17-38-36-13-5-7-19-40(36)56-49(34)38)30-24-20-28(21-25-30)33-14-8-16-37-35-12-4-6-18-39(35)55(48(33)37)32-10-2-1-3-11-32/h1-27,41H. The molecule has 10 radical (unpaired) electrons. The average Bonchev–Trinajstić information content (AvgIpc) is 3.81. The van der Waals surface area contributed by atoms with Crippen LogP contribution in [0.25, 0.3) is 69.9 Å². The third kappa shape index (κ3) is 5.44. The Hall–Kier alpha value is -5.90. The third-order valence-electron chi connectivity index (χ3n) is 11.3. The van der Waals surface area contributed by atoms with E-state index in [2.05, 4.69) is 168 Å². The molecule has 0 aliphatic rings. The van der Waals surface area contributed by atoms with Crippen molar-refractivity contribution < 1.29 is 0 Å². The summed E-state index contributed by atoms with van der Waals surface area (Å²) in [7, 11) is 32.9. The molecule has 0 bridgehead atoms. The topological polar surface area (TPSA) is 4.93 Å². The molecule has 2 heterocycles. The van der Waals surface area contributed by atoms with Crippen LogP contribution in [0.2, 0.25) is 0 Å². The summed E-state index contributed by atoms with van der Waals surface area (Å²) >= 11 is 1.82. The van der Waals surface area contributed by atoms with Gasteiger partial charge in [0.25, 0.3) is 0 Å². The summed E-state index contributed by atoms with van der Waals surface area (Å²) in [6, 6.07) is 58.1. The Morgan fingerprint density at radius 3 is 1.61 bits per heavy atom. The molecular weight excluding hydrogens is 689 g/mol. The van der Waals surface area contributed by atoms with Gasteiger partial charge in [-0.2, -0.15) is 0 Å². The lowest BCUT2D eigenvalue weighted by Crippen LogP contribution is -2.56. The number of hydrogen-bond donors (Lipinski definition) is 0. The highest BCUT2D eigenvalue weighted by atomic mass is 32.1. The molecule has 10 rings (SSSR count). The fourth-order valence-corrected chi connectivity index (χ4v) is 9.73. The van der Waals surface area contributed by atoms with E-state index < -0.39 is 0 Å². The molecule has 56 heavy (non-hydrogen) atoms. The van der Waals surface area contributed by atoms with Gasteiger partial charge in [0, 0.05) is 48.1 Å². The Kier molecular flexibility index (Phi) is 8.45. The monoisotopic (exact) mass is 717 g/mol. The zero-order chi connectivity index (χ0) is 38.1. The number of rotatable bonds is 6. The Morgan fingerprint density at radius 2 is 0.929 bits per heavy atom. The minimum Gasteiger partial charge on any atom is -0.309 e. The van der Waals surface area contributed by atoms with Gasteiger partial charge in [-0.3, -0.25) is 0 Å². The maximum absolute atomic E-state index is 6.80. The zero-order valence-electron chi connectivity index (χ0n) is 30.4. The van der Waals surface area contributed by atoms with E-state index in [4.69, 9.17) is 39.2 Å². The number of aromatic nitrogens is 1. The number of fused-ring (bicyclic) bond motifs is 6. The summed E-state index contributed by atoms with van der Waals surface area (Å²) in [5.74, 6) is -0.380. The molecule has 1 atom stereocenters. The summed E-state index contributed by atoms with van der Waals surface area (Å²) in [5.41, 5.74) is 11.9. The van der Waals surface area contributed by atoms with Gasteiger partial charge in [-0.1, -0.05) is 145 Å². The average molecular weight is 717 g/mol. The number of thiophene rings is 1. The molecule has 0 aliphatic heterocycles. The summed E-state index contributed by atoms with van der Waals surface area (Å²) in [6.45, 7) is 0. The zero-order valence-corrected chi connectivity index (χ0v) is 31.2. The van der Waals surface area contributed by atoms with Crippen molar-refractivity contribution in [2.45, 2.75) is 5.92 Å². The molecule has 1 unspecified atom stereocenters. The van der Waals surface area contributed by atoms with E-state index in [1.165, 1.54) is 36.5 Å². The maximum Gasteiger partial charge on any atom is 0.113 e. The Morgan fingerprint density at radius 1 is 0.411 bits per heavy atom. The first-order valence-corrected chi connectivity index (χ1v) is 19.4. The lowest BCUT2D eigenvalue weighted by Gasteiger charge is -2.28. The van der Waals surface area contributed by atoms with Gasteiger partial charge in [-0.05, 0) is 52.1 Å². The van der Waals surface area contributed by atoms with Gasteiger partial charge >= 0.3 is 0 Å². The molecule has 0 saturated carbocycles. The first kappa shape index (κ1) is 34.6. The first-order valence-electron chi connectivity index (χ1n) is 18.6. The van der Waals surface area contributed by atoms with Crippen LogP contribution in [0, 0.1) is 0 Å². The van der Waals surface area contributed by atoms with E-state index in [1.807, 2.05) is 11.3 Å². The third-order valence-corrected chi connectivity index (χ3v) is 12.5. The molecule has 2 aromatic heterocycles. The number of hydrogen-bond acceptors (Lipinski definition) is 1. The lowest BCUT2D eigenvalue weighted by molar-refractivity contribution is 0.996.